The second-order valence-electron chi connectivity index (χ2n) is 3.96. The topological polar surface area (TPSA) is 111 Å². The summed E-state index contributed by atoms with van der Waals surface area (Å²) in [4.78, 5) is 25.1. The number of halogens is 2. The summed E-state index contributed by atoms with van der Waals surface area (Å²) < 4.78 is 26.7. The third-order valence-corrected chi connectivity index (χ3v) is 2.52. The van der Waals surface area contributed by atoms with Crippen LogP contribution in [0.3, 0.4) is 0 Å². The van der Waals surface area contributed by atoms with Gasteiger partial charge >= 0.3 is 5.69 Å². The van der Waals surface area contributed by atoms with Crippen molar-refractivity contribution in [3.63, 3.8) is 0 Å². The fourth-order valence-electron chi connectivity index (χ4n) is 1.56. The molecule has 7 nitrogen and oxygen atoms in total. The van der Waals surface area contributed by atoms with E-state index in [9.17, 15) is 23.7 Å². The number of hydrogen-bond acceptors (Lipinski definition) is 5. The molecule has 2 aromatic rings. The van der Waals surface area contributed by atoms with Crippen LogP contribution in [0.25, 0.3) is 0 Å². The maximum absolute atomic E-state index is 13.5. The van der Waals surface area contributed by atoms with Gasteiger partial charge in [-0.15, -0.1) is 0 Å². The summed E-state index contributed by atoms with van der Waals surface area (Å²) in [6.45, 7) is 0. The molecular formula is C12H8F2N4O3. The van der Waals surface area contributed by atoms with Crippen LogP contribution in [0.2, 0.25) is 0 Å². The third kappa shape index (κ3) is 3.08. The first kappa shape index (κ1) is 14.3. The number of hydrogen-bond donors (Lipinski definition) is 2. The molecule has 21 heavy (non-hydrogen) atoms. The molecule has 108 valence electrons. The molecule has 0 atom stereocenters. The molecule has 0 aliphatic carbocycles. The minimum atomic E-state index is -1.33. The number of rotatable bonds is 3. The Kier molecular flexibility index (Phi) is 3.74. The largest absolute Gasteiger partial charge is 0.384 e. The lowest BCUT2D eigenvalue weighted by Gasteiger charge is -2.07. The van der Waals surface area contributed by atoms with Crippen LogP contribution in [-0.2, 0) is 0 Å². The van der Waals surface area contributed by atoms with Crippen molar-refractivity contribution in [2.75, 3.05) is 11.1 Å². The highest BCUT2D eigenvalue weighted by Gasteiger charge is 2.20. The van der Waals surface area contributed by atoms with E-state index in [1.165, 1.54) is 18.3 Å². The van der Waals surface area contributed by atoms with Gasteiger partial charge in [-0.25, -0.2) is 9.37 Å². The van der Waals surface area contributed by atoms with Gasteiger partial charge < -0.3 is 11.1 Å². The average molecular weight is 294 g/mol. The van der Waals surface area contributed by atoms with Crippen molar-refractivity contribution in [2.45, 2.75) is 0 Å². The van der Waals surface area contributed by atoms with Crippen molar-refractivity contribution >= 4 is 23.1 Å². The van der Waals surface area contributed by atoms with Crippen LogP contribution in [0.15, 0.2) is 30.5 Å². The molecule has 0 bridgehead atoms. The molecule has 1 aromatic heterocycles. The van der Waals surface area contributed by atoms with Gasteiger partial charge in [0.2, 0.25) is 5.82 Å². The van der Waals surface area contributed by atoms with Crippen LogP contribution in [0.5, 0.6) is 0 Å². The number of pyridine rings is 1. The van der Waals surface area contributed by atoms with E-state index in [1.807, 2.05) is 0 Å². The molecule has 0 saturated carbocycles. The Bertz CT molecular complexity index is 736. The van der Waals surface area contributed by atoms with Crippen molar-refractivity contribution < 1.29 is 18.5 Å². The number of anilines is 2. The Balaban J connectivity index is 2.33. The lowest BCUT2D eigenvalue weighted by Crippen LogP contribution is -2.14. The van der Waals surface area contributed by atoms with E-state index < -0.39 is 33.8 Å². The summed E-state index contributed by atoms with van der Waals surface area (Å²) in [7, 11) is 0. The molecule has 0 spiro atoms. The Hall–Kier alpha value is -3.10. The highest BCUT2D eigenvalue weighted by atomic mass is 19.1. The zero-order valence-electron chi connectivity index (χ0n) is 10.3. The van der Waals surface area contributed by atoms with Crippen LogP contribution < -0.4 is 11.1 Å². The van der Waals surface area contributed by atoms with Gasteiger partial charge in [0, 0.05) is 23.9 Å². The maximum Gasteiger partial charge on any atom is 0.307 e. The van der Waals surface area contributed by atoms with Crippen LogP contribution in [0.1, 0.15) is 10.4 Å². The lowest BCUT2D eigenvalue weighted by atomic mass is 10.2. The molecule has 0 fully saturated rings. The molecule has 1 amide bonds. The van der Waals surface area contributed by atoms with E-state index in [4.69, 9.17) is 5.73 Å². The number of nitrogens with one attached hydrogen (secondary N) is 1. The van der Waals surface area contributed by atoms with Crippen LogP contribution in [0, 0.1) is 21.7 Å². The van der Waals surface area contributed by atoms with Gasteiger partial charge in [0.25, 0.3) is 5.91 Å². The van der Waals surface area contributed by atoms with Gasteiger partial charge in [-0.3, -0.25) is 14.9 Å². The number of nitrogens with two attached hydrogens (primary N) is 1. The Morgan fingerprint density at radius 3 is 2.62 bits per heavy atom. The Morgan fingerprint density at radius 1 is 1.29 bits per heavy atom. The fraction of sp³-hybridized carbons (Fsp3) is 0. The number of aromatic nitrogens is 1. The third-order valence-electron chi connectivity index (χ3n) is 2.52. The Labute approximate surface area is 116 Å². The fourth-order valence-corrected chi connectivity index (χ4v) is 1.56. The number of nitro benzene ring substituents is 1. The first-order valence-electron chi connectivity index (χ1n) is 5.55. The monoisotopic (exact) mass is 294 g/mol. The van der Waals surface area contributed by atoms with E-state index in [0.717, 1.165) is 0 Å². The molecule has 1 aromatic carbocycles. The molecule has 0 aliphatic rings. The molecule has 0 radical (unpaired) electrons. The number of carbonyl (C=O) groups is 1. The molecule has 0 unspecified atom stereocenters. The number of nitrogens with zero attached hydrogens (tertiary/aromatic N) is 2. The van der Waals surface area contributed by atoms with Gasteiger partial charge in [0.15, 0.2) is 0 Å². The SMILES string of the molecule is Nc1cc(C(=O)Nc2cc([N+](=O)[O-])c(F)cc2F)ccn1. The van der Waals surface area contributed by atoms with Gasteiger partial charge in [0.1, 0.15) is 11.6 Å². The molecule has 2 rings (SSSR count). The van der Waals surface area contributed by atoms with Crippen molar-refractivity contribution in [2.24, 2.45) is 0 Å². The van der Waals surface area contributed by atoms with Crippen LogP contribution in [-0.4, -0.2) is 15.8 Å². The summed E-state index contributed by atoms with van der Waals surface area (Å²) in [6.07, 6.45) is 1.27. The summed E-state index contributed by atoms with van der Waals surface area (Å²) in [5.74, 6) is -3.14. The summed E-state index contributed by atoms with van der Waals surface area (Å²) >= 11 is 0. The smallest absolute Gasteiger partial charge is 0.307 e. The van der Waals surface area contributed by atoms with E-state index in [-0.39, 0.29) is 11.4 Å². The average Bonchev–Trinajstić information content (AvgIpc) is 2.41. The second-order valence-corrected chi connectivity index (χ2v) is 3.96. The summed E-state index contributed by atoms with van der Waals surface area (Å²) in [5, 5.41) is 12.7. The van der Waals surface area contributed by atoms with E-state index >= 15 is 0 Å². The van der Waals surface area contributed by atoms with Crippen LogP contribution in [0.4, 0.5) is 26.0 Å². The molecule has 9 heteroatoms. The van der Waals surface area contributed by atoms with E-state index in [2.05, 4.69) is 10.3 Å². The quantitative estimate of drug-likeness (QED) is 0.665. The summed E-state index contributed by atoms with van der Waals surface area (Å²) in [5.41, 5.74) is 4.02. The molecule has 3 N–H and O–H groups in total. The lowest BCUT2D eigenvalue weighted by molar-refractivity contribution is -0.387. The first-order chi connectivity index (χ1) is 9.88. The van der Waals surface area contributed by atoms with Gasteiger partial charge in [-0.2, -0.15) is 4.39 Å². The number of amides is 1. The zero-order chi connectivity index (χ0) is 15.6. The predicted molar refractivity (Wildman–Crippen MR) is 69.6 cm³/mol. The number of carbonyl (C=O) groups excluding carboxylic acids is 1. The standard InChI is InChI=1S/C12H8F2N4O3/c13-7-4-8(14)10(18(20)21)5-9(7)17-12(19)6-1-2-16-11(15)3-6/h1-5H,(H2,15,16)(H,17,19). The summed E-state index contributed by atoms with van der Waals surface area (Å²) in [6, 6.07) is 3.49. The molecule has 0 aliphatic heterocycles. The van der Waals surface area contributed by atoms with Gasteiger partial charge in [0.05, 0.1) is 10.6 Å². The number of benzene rings is 1. The van der Waals surface area contributed by atoms with E-state index in [0.29, 0.717) is 12.1 Å². The Morgan fingerprint density at radius 2 is 2.00 bits per heavy atom. The number of nitrogen functional groups attached to an aromatic ring is 1. The van der Waals surface area contributed by atoms with Crippen molar-refractivity contribution in [3.8, 4) is 0 Å². The molecule has 0 saturated heterocycles. The minimum Gasteiger partial charge on any atom is -0.384 e. The highest BCUT2D eigenvalue weighted by molar-refractivity contribution is 6.04. The van der Waals surface area contributed by atoms with Gasteiger partial charge in [-0.1, -0.05) is 0 Å². The molecular weight excluding hydrogens is 286 g/mol. The molecule has 1 heterocycles. The number of nitro groups is 1. The predicted octanol–water partition coefficient (Wildman–Crippen LogP) is 2.10. The maximum atomic E-state index is 13.5. The van der Waals surface area contributed by atoms with E-state index in [1.54, 1.807) is 0 Å². The van der Waals surface area contributed by atoms with Crippen molar-refractivity contribution in [1.82, 2.24) is 4.98 Å². The van der Waals surface area contributed by atoms with Crippen molar-refractivity contribution in [1.29, 1.82) is 0 Å². The normalized spacial score (nSPS) is 10.2. The van der Waals surface area contributed by atoms with Gasteiger partial charge in [-0.05, 0) is 12.1 Å². The van der Waals surface area contributed by atoms with Crippen LogP contribution >= 0.6 is 0 Å². The highest BCUT2D eigenvalue weighted by Crippen LogP contribution is 2.25. The zero-order valence-corrected chi connectivity index (χ0v) is 10.3. The minimum absolute atomic E-state index is 0.0770. The van der Waals surface area contributed by atoms with Crippen molar-refractivity contribution in [3.05, 3.63) is 57.8 Å². The second kappa shape index (κ2) is 5.49. The first-order valence-corrected chi connectivity index (χ1v) is 5.55.